The van der Waals surface area contributed by atoms with Gasteiger partial charge in [-0.15, -0.1) is 0 Å². The molecule has 4 aliphatic rings. The minimum atomic E-state index is -0.0108. The average molecular weight is 559 g/mol. The number of aliphatic hydroxyl groups is 1. The Morgan fingerprint density at radius 1 is 1.00 bits per heavy atom. The Hall–Kier alpha value is -0.870. The van der Waals surface area contributed by atoms with Crippen molar-refractivity contribution in [1.82, 2.24) is 0 Å². The number of hydrogen-bond acceptors (Lipinski definition) is 3. The smallest absolute Gasteiger partial charge is 0.306 e. The summed E-state index contributed by atoms with van der Waals surface area (Å²) < 4.78 is 6.86. The number of unbranched alkanes of at least 4 members (excludes halogenated alkanes) is 1. The van der Waals surface area contributed by atoms with E-state index in [2.05, 4.69) is 54.8 Å². The van der Waals surface area contributed by atoms with Crippen LogP contribution in [0.25, 0.3) is 0 Å². The lowest BCUT2D eigenvalue weighted by molar-refractivity contribution is -0.890. The quantitative estimate of drug-likeness (QED) is 0.107. The standard InChI is InChI=1S/C36H64NO3/c1-26(2)11-10-12-27(3)31-16-17-32-30-15-14-28-25-29(18-20-35(28,4)33(30)19-21-36(31,32)5)40-34(39)13-8-9-22-37(6,7)23-24-38/h14,26-27,29-33,38H,8-13,15-25H2,1-7H3/q+1/t27-,29+,30+,31-,32+,33+,35+,36-/m1/s1. The van der Waals surface area contributed by atoms with Gasteiger partial charge in [0.15, 0.2) is 0 Å². The molecule has 0 radical (unpaired) electrons. The SMILES string of the molecule is CC(C)CCC[C@@H](C)[C@H]1CC[C@H]2[C@@H]3CC=C4C[C@@H](OC(=O)CCCC[N+](C)(C)CCO)CC[C@]4(C)[C@H]3CC[C@]12C. The highest BCUT2D eigenvalue weighted by molar-refractivity contribution is 5.69. The summed E-state index contributed by atoms with van der Waals surface area (Å²) in [6, 6.07) is 0. The summed E-state index contributed by atoms with van der Waals surface area (Å²) in [6.45, 7) is 14.5. The largest absolute Gasteiger partial charge is 0.462 e. The lowest BCUT2D eigenvalue weighted by Gasteiger charge is -2.58. The molecular weight excluding hydrogens is 494 g/mol. The van der Waals surface area contributed by atoms with Gasteiger partial charge in [-0.05, 0) is 104 Å². The summed E-state index contributed by atoms with van der Waals surface area (Å²) in [5, 5.41) is 9.22. The van der Waals surface area contributed by atoms with E-state index < -0.39 is 0 Å². The van der Waals surface area contributed by atoms with Crippen molar-refractivity contribution in [3.05, 3.63) is 11.6 Å². The normalized spacial score (nSPS) is 36.4. The molecule has 3 fully saturated rings. The van der Waals surface area contributed by atoms with Crippen molar-refractivity contribution in [1.29, 1.82) is 0 Å². The predicted octanol–water partition coefficient (Wildman–Crippen LogP) is 8.18. The van der Waals surface area contributed by atoms with Crippen LogP contribution in [0.1, 0.15) is 125 Å². The number of hydrogen-bond donors (Lipinski definition) is 1. The van der Waals surface area contributed by atoms with Crippen LogP contribution >= 0.6 is 0 Å². The van der Waals surface area contributed by atoms with E-state index in [1.807, 2.05) is 0 Å². The number of fused-ring (bicyclic) bond motifs is 5. The molecule has 0 aliphatic heterocycles. The van der Waals surface area contributed by atoms with Crippen LogP contribution in [-0.2, 0) is 9.53 Å². The first kappa shape index (κ1) is 32.1. The van der Waals surface area contributed by atoms with Crippen LogP contribution in [-0.4, -0.2) is 55.5 Å². The molecular formula is C36H64NO3+. The third kappa shape index (κ3) is 7.01. The average Bonchev–Trinajstić information content (AvgIpc) is 3.24. The van der Waals surface area contributed by atoms with Gasteiger partial charge in [0.25, 0.3) is 0 Å². The van der Waals surface area contributed by atoms with Gasteiger partial charge >= 0.3 is 5.97 Å². The summed E-state index contributed by atoms with van der Waals surface area (Å²) in [4.78, 5) is 12.7. The zero-order valence-corrected chi connectivity index (χ0v) is 27.4. The summed E-state index contributed by atoms with van der Waals surface area (Å²) >= 11 is 0. The number of esters is 1. The molecule has 40 heavy (non-hydrogen) atoms. The lowest BCUT2D eigenvalue weighted by Crippen LogP contribution is -2.51. The molecule has 0 aromatic rings. The Labute approximate surface area is 247 Å². The molecule has 0 unspecified atom stereocenters. The molecule has 0 bridgehead atoms. The van der Waals surface area contributed by atoms with Crippen LogP contribution in [0, 0.1) is 46.3 Å². The summed E-state index contributed by atoms with van der Waals surface area (Å²) in [6.07, 6.45) is 19.4. The van der Waals surface area contributed by atoms with Gasteiger partial charge in [-0.2, -0.15) is 0 Å². The maximum absolute atomic E-state index is 12.7. The Morgan fingerprint density at radius 3 is 2.50 bits per heavy atom. The van der Waals surface area contributed by atoms with Gasteiger partial charge in [0.2, 0.25) is 0 Å². The minimum Gasteiger partial charge on any atom is -0.462 e. The van der Waals surface area contributed by atoms with Gasteiger partial charge in [-0.1, -0.05) is 65.5 Å². The highest BCUT2D eigenvalue weighted by Gasteiger charge is 2.59. The van der Waals surface area contributed by atoms with Crippen molar-refractivity contribution < 1.29 is 19.1 Å². The van der Waals surface area contributed by atoms with Crippen LogP contribution < -0.4 is 0 Å². The Balaban J connectivity index is 1.30. The minimum absolute atomic E-state index is 0.0108. The van der Waals surface area contributed by atoms with Crippen molar-refractivity contribution in [2.24, 2.45) is 46.3 Å². The predicted molar refractivity (Wildman–Crippen MR) is 166 cm³/mol. The van der Waals surface area contributed by atoms with Gasteiger partial charge in [-0.25, -0.2) is 0 Å². The van der Waals surface area contributed by atoms with Gasteiger partial charge < -0.3 is 14.3 Å². The monoisotopic (exact) mass is 558 g/mol. The number of nitrogens with zero attached hydrogens (tertiary/aromatic N) is 1. The van der Waals surface area contributed by atoms with Crippen LogP contribution in [0.2, 0.25) is 0 Å². The van der Waals surface area contributed by atoms with E-state index in [-0.39, 0.29) is 18.7 Å². The molecule has 8 atom stereocenters. The van der Waals surface area contributed by atoms with Crippen molar-refractivity contribution in [2.75, 3.05) is 33.8 Å². The second-order valence-corrected chi connectivity index (χ2v) is 16.2. The van der Waals surface area contributed by atoms with E-state index in [9.17, 15) is 9.90 Å². The summed E-state index contributed by atoms with van der Waals surface area (Å²) in [5.41, 5.74) is 2.46. The number of quaternary nitrogens is 1. The van der Waals surface area contributed by atoms with Gasteiger partial charge in [0.1, 0.15) is 12.6 Å². The van der Waals surface area contributed by atoms with E-state index in [0.29, 0.717) is 17.3 Å². The van der Waals surface area contributed by atoms with Crippen molar-refractivity contribution in [3.63, 3.8) is 0 Å². The zero-order valence-electron chi connectivity index (χ0n) is 27.4. The molecule has 0 heterocycles. The first-order valence-electron chi connectivity index (χ1n) is 17.2. The lowest BCUT2D eigenvalue weighted by atomic mass is 9.47. The molecule has 4 heteroatoms. The van der Waals surface area contributed by atoms with Gasteiger partial charge in [0.05, 0.1) is 27.2 Å². The van der Waals surface area contributed by atoms with Gasteiger partial charge in [0, 0.05) is 12.8 Å². The molecule has 0 aromatic heterocycles. The molecule has 0 aromatic carbocycles. The van der Waals surface area contributed by atoms with Crippen LogP contribution in [0.4, 0.5) is 0 Å². The van der Waals surface area contributed by atoms with E-state index in [4.69, 9.17) is 4.74 Å². The molecule has 0 spiro atoms. The summed E-state index contributed by atoms with van der Waals surface area (Å²) in [7, 11) is 4.28. The fourth-order valence-corrected chi connectivity index (χ4v) is 10.2. The molecule has 4 rings (SSSR count). The van der Waals surface area contributed by atoms with Gasteiger partial charge in [-0.3, -0.25) is 4.79 Å². The molecule has 1 N–H and O–H groups in total. The number of aliphatic hydroxyl groups excluding tert-OH is 1. The van der Waals surface area contributed by atoms with E-state index in [1.165, 1.54) is 57.8 Å². The second kappa shape index (κ2) is 13.2. The van der Waals surface area contributed by atoms with Crippen molar-refractivity contribution in [2.45, 2.75) is 131 Å². The van der Waals surface area contributed by atoms with Crippen LogP contribution in [0.3, 0.4) is 0 Å². The number of carbonyl (C=O) groups is 1. The number of allylic oxidation sites excluding steroid dienone is 1. The number of carbonyl (C=O) groups excluding carboxylic acids is 1. The highest BCUT2D eigenvalue weighted by Crippen LogP contribution is 2.67. The Kier molecular flexibility index (Phi) is 10.6. The van der Waals surface area contributed by atoms with E-state index in [1.54, 1.807) is 5.57 Å². The van der Waals surface area contributed by atoms with Crippen molar-refractivity contribution in [3.8, 4) is 0 Å². The Bertz CT molecular complexity index is 879. The maximum atomic E-state index is 12.7. The van der Waals surface area contributed by atoms with E-state index in [0.717, 1.165) is 78.8 Å². The molecule has 0 amide bonds. The highest BCUT2D eigenvalue weighted by atomic mass is 16.5. The number of rotatable bonds is 13. The maximum Gasteiger partial charge on any atom is 0.306 e. The molecule has 4 aliphatic carbocycles. The first-order valence-corrected chi connectivity index (χ1v) is 17.2. The first-order chi connectivity index (χ1) is 18.9. The number of likely N-dealkylation sites (N-methyl/N-ethyl adjacent to an activating group) is 1. The second-order valence-electron chi connectivity index (χ2n) is 16.2. The molecule has 4 nitrogen and oxygen atoms in total. The molecule has 0 saturated heterocycles. The third-order valence-corrected chi connectivity index (χ3v) is 12.7. The Morgan fingerprint density at radius 2 is 1.77 bits per heavy atom. The van der Waals surface area contributed by atoms with Crippen LogP contribution in [0.15, 0.2) is 11.6 Å². The topological polar surface area (TPSA) is 46.5 Å². The fourth-order valence-electron chi connectivity index (χ4n) is 10.2. The van der Waals surface area contributed by atoms with E-state index >= 15 is 0 Å². The third-order valence-electron chi connectivity index (χ3n) is 12.7. The molecule has 230 valence electrons. The van der Waals surface area contributed by atoms with Crippen LogP contribution in [0.5, 0.6) is 0 Å². The fraction of sp³-hybridized carbons (Fsp3) is 0.917. The summed E-state index contributed by atoms with van der Waals surface area (Å²) in [5.74, 6) is 5.17. The zero-order chi connectivity index (χ0) is 29.1. The number of ether oxygens (including phenoxy) is 1. The molecule has 3 saturated carbocycles. The van der Waals surface area contributed by atoms with Crippen molar-refractivity contribution >= 4 is 5.97 Å².